The van der Waals surface area contributed by atoms with Crippen LogP contribution in [0.15, 0.2) is 34.3 Å². The van der Waals surface area contributed by atoms with Gasteiger partial charge in [-0.25, -0.2) is 4.99 Å². The lowest BCUT2D eigenvalue weighted by molar-refractivity contribution is -0.190. The molecule has 9 heteroatoms. The molecule has 2 aliphatic rings. The van der Waals surface area contributed by atoms with Crippen molar-refractivity contribution in [3.63, 3.8) is 0 Å². The number of benzene rings is 1. The third-order valence-corrected chi connectivity index (χ3v) is 4.93. The lowest BCUT2D eigenvalue weighted by atomic mass is 9.87. The summed E-state index contributed by atoms with van der Waals surface area (Å²) in [7, 11) is 0. The summed E-state index contributed by atoms with van der Waals surface area (Å²) in [6, 6.07) is 8.22. The minimum atomic E-state index is -0.627. The zero-order valence-corrected chi connectivity index (χ0v) is 19.1. The molecule has 1 aromatic carbocycles. The molecule has 1 aromatic rings. The van der Waals surface area contributed by atoms with Crippen molar-refractivity contribution in [3.8, 4) is 5.75 Å². The van der Waals surface area contributed by atoms with Crippen molar-refractivity contribution in [3.05, 3.63) is 29.8 Å². The van der Waals surface area contributed by atoms with Crippen molar-refractivity contribution in [1.29, 1.82) is 0 Å². The molecule has 2 heterocycles. The average molecular weight is 470 g/mol. The zero-order valence-electron chi connectivity index (χ0n) is 17.4. The van der Waals surface area contributed by atoms with Gasteiger partial charge >= 0.3 is 0 Å². The summed E-state index contributed by atoms with van der Waals surface area (Å²) in [4.78, 5) is 14.5. The Morgan fingerprint density at radius 2 is 1.76 bits per heavy atom. The maximum atomic E-state index is 6.05. The molecule has 0 aromatic heterocycles. The van der Waals surface area contributed by atoms with Gasteiger partial charge in [-0.15, -0.1) is 17.0 Å². The smallest absolute Gasteiger partial charge is 0.226 e. The first kappa shape index (κ1) is 23.4. The van der Waals surface area contributed by atoms with Gasteiger partial charge in [0.05, 0.1) is 26.4 Å². The van der Waals surface area contributed by atoms with Crippen LogP contribution in [0.25, 0.3) is 0 Å². The fourth-order valence-corrected chi connectivity index (χ4v) is 3.32. The van der Waals surface area contributed by atoms with Gasteiger partial charge in [0.15, 0.2) is 5.66 Å². The van der Waals surface area contributed by atoms with Crippen LogP contribution in [-0.4, -0.2) is 49.1 Å². The molecule has 1 fully saturated rings. The van der Waals surface area contributed by atoms with E-state index in [9.17, 15) is 0 Å². The van der Waals surface area contributed by atoms with Crippen molar-refractivity contribution < 1.29 is 14.3 Å². The fourth-order valence-electron chi connectivity index (χ4n) is 3.32. The van der Waals surface area contributed by atoms with Crippen LogP contribution in [-0.2, 0) is 15.0 Å². The Kier molecular flexibility index (Phi) is 7.90. The predicted molar refractivity (Wildman–Crippen MR) is 119 cm³/mol. The van der Waals surface area contributed by atoms with Crippen LogP contribution in [0.5, 0.6) is 5.75 Å². The first-order valence-corrected chi connectivity index (χ1v) is 9.74. The second-order valence-corrected chi connectivity index (χ2v) is 8.14. The number of halogens is 1. The minimum Gasteiger partial charge on any atom is -0.494 e. The largest absolute Gasteiger partial charge is 0.494 e. The Balaban J connectivity index is 0.00000300. The topological polar surface area (TPSA) is 108 Å². The normalized spacial score (nSPS) is 18.7. The molecule has 0 atom stereocenters. The molecule has 4 N–H and O–H groups in total. The number of rotatable bonds is 6. The number of aliphatic imine (C=N–C) groups is 2. The van der Waals surface area contributed by atoms with Crippen LogP contribution in [0.2, 0.25) is 0 Å². The second-order valence-electron chi connectivity index (χ2n) is 8.14. The van der Waals surface area contributed by atoms with Crippen LogP contribution < -0.4 is 16.2 Å². The van der Waals surface area contributed by atoms with Crippen molar-refractivity contribution in [2.45, 2.75) is 51.1 Å². The van der Waals surface area contributed by atoms with Gasteiger partial charge in [0.2, 0.25) is 11.9 Å². The molecule has 0 aliphatic carbocycles. The Labute approximate surface area is 183 Å². The molecule has 3 rings (SSSR count). The highest BCUT2D eigenvalue weighted by Crippen LogP contribution is 2.32. The van der Waals surface area contributed by atoms with Gasteiger partial charge in [-0.2, -0.15) is 10.1 Å². The molecule has 29 heavy (non-hydrogen) atoms. The molecule has 162 valence electrons. The van der Waals surface area contributed by atoms with E-state index in [1.807, 2.05) is 12.1 Å². The number of ether oxygens (including phenoxy) is 2. The molecule has 2 aliphatic heterocycles. The van der Waals surface area contributed by atoms with Crippen molar-refractivity contribution >= 4 is 28.9 Å². The van der Waals surface area contributed by atoms with Crippen molar-refractivity contribution in [2.75, 3.05) is 26.4 Å². The van der Waals surface area contributed by atoms with Gasteiger partial charge in [0, 0.05) is 19.3 Å². The highest BCUT2D eigenvalue weighted by Gasteiger charge is 2.43. The van der Waals surface area contributed by atoms with E-state index >= 15 is 0 Å². The van der Waals surface area contributed by atoms with Crippen LogP contribution >= 0.6 is 17.0 Å². The minimum absolute atomic E-state index is 0. The van der Waals surface area contributed by atoms with E-state index < -0.39 is 5.66 Å². The molecule has 1 saturated heterocycles. The molecular formula is C20H32BrN5O3. The van der Waals surface area contributed by atoms with Crippen LogP contribution in [0.4, 0.5) is 0 Å². The van der Waals surface area contributed by atoms with E-state index in [1.54, 1.807) is 5.06 Å². The van der Waals surface area contributed by atoms with Crippen LogP contribution in [0.1, 0.15) is 45.6 Å². The van der Waals surface area contributed by atoms with E-state index in [4.69, 9.17) is 25.8 Å². The lowest BCUT2D eigenvalue weighted by Gasteiger charge is -2.43. The van der Waals surface area contributed by atoms with Gasteiger partial charge in [-0.1, -0.05) is 32.9 Å². The summed E-state index contributed by atoms with van der Waals surface area (Å²) in [6.45, 7) is 8.72. The fraction of sp³-hybridized carbons (Fsp3) is 0.600. The quantitative estimate of drug-likeness (QED) is 0.619. The van der Waals surface area contributed by atoms with E-state index in [2.05, 4.69) is 42.9 Å². The number of nitrogens with zero attached hydrogens (tertiary/aromatic N) is 3. The molecular weight excluding hydrogens is 438 g/mol. The first-order valence-electron chi connectivity index (χ1n) is 9.74. The predicted octanol–water partition coefficient (Wildman–Crippen LogP) is 2.71. The van der Waals surface area contributed by atoms with Gasteiger partial charge in [-0.3, -0.25) is 4.84 Å². The molecule has 0 saturated carbocycles. The summed E-state index contributed by atoms with van der Waals surface area (Å²) in [5, 5.41) is 1.59. The number of guanidine groups is 2. The summed E-state index contributed by atoms with van der Waals surface area (Å²) < 4.78 is 11.3. The first-order chi connectivity index (χ1) is 13.3. The third-order valence-electron chi connectivity index (χ3n) is 4.93. The molecule has 0 bridgehead atoms. The Hall–Kier alpha value is -1.84. The Morgan fingerprint density at radius 3 is 2.38 bits per heavy atom. The van der Waals surface area contributed by atoms with Gasteiger partial charge in [0.1, 0.15) is 5.75 Å². The molecule has 0 amide bonds. The Bertz CT molecular complexity index is 725. The standard InChI is InChI=1S/C20H31N5O3.BrH/c1-19(2,3)15-5-7-16(8-6-15)27-11-4-12-28-25-18(22)23-17(21)24-20(25)9-13-26-14-10-20;/h5-8H,4,9-14H2,1-3H3,(H4,21,22,23,24);1H. The van der Waals surface area contributed by atoms with E-state index in [0.717, 1.165) is 5.75 Å². The van der Waals surface area contributed by atoms with Crippen molar-refractivity contribution in [1.82, 2.24) is 5.06 Å². The maximum absolute atomic E-state index is 6.05. The van der Waals surface area contributed by atoms with E-state index in [-0.39, 0.29) is 34.3 Å². The van der Waals surface area contributed by atoms with Crippen LogP contribution in [0, 0.1) is 0 Å². The average Bonchev–Trinajstić information content (AvgIpc) is 2.63. The SMILES string of the molecule is Br.CC(C)(C)c1ccc(OCCCON2C(N)=NC(N)=NC23CCOCC3)cc1. The van der Waals surface area contributed by atoms with E-state index in [1.165, 1.54) is 5.56 Å². The van der Waals surface area contributed by atoms with Gasteiger partial charge < -0.3 is 20.9 Å². The van der Waals surface area contributed by atoms with E-state index in [0.29, 0.717) is 45.7 Å². The molecule has 0 unspecified atom stereocenters. The molecule has 0 radical (unpaired) electrons. The highest BCUT2D eigenvalue weighted by atomic mass is 79.9. The number of hydroxylamine groups is 2. The second kappa shape index (κ2) is 9.77. The van der Waals surface area contributed by atoms with Crippen molar-refractivity contribution in [2.24, 2.45) is 21.5 Å². The lowest BCUT2D eigenvalue weighted by Crippen LogP contribution is -2.59. The van der Waals surface area contributed by atoms with Crippen LogP contribution in [0.3, 0.4) is 0 Å². The van der Waals surface area contributed by atoms with Gasteiger partial charge in [-0.05, 0) is 23.1 Å². The third kappa shape index (κ3) is 5.83. The summed E-state index contributed by atoms with van der Waals surface area (Å²) in [5.74, 6) is 1.26. The summed E-state index contributed by atoms with van der Waals surface area (Å²) in [5.41, 5.74) is 12.6. The molecule has 8 nitrogen and oxygen atoms in total. The number of hydrogen-bond acceptors (Lipinski definition) is 8. The zero-order chi connectivity index (χ0) is 20.2. The summed E-state index contributed by atoms with van der Waals surface area (Å²) >= 11 is 0. The highest BCUT2D eigenvalue weighted by molar-refractivity contribution is 8.93. The maximum Gasteiger partial charge on any atom is 0.226 e. The summed E-state index contributed by atoms with van der Waals surface area (Å²) in [6.07, 6.45) is 2.01. The Morgan fingerprint density at radius 1 is 1.10 bits per heavy atom. The number of hydrogen-bond donors (Lipinski definition) is 2. The monoisotopic (exact) mass is 469 g/mol. The molecule has 1 spiro atoms. The van der Waals surface area contributed by atoms with Gasteiger partial charge in [0.25, 0.3) is 0 Å². The number of nitrogens with two attached hydrogens (primary N) is 2.